The predicted molar refractivity (Wildman–Crippen MR) is 109 cm³/mol. The summed E-state index contributed by atoms with van der Waals surface area (Å²) in [4.78, 5) is 37.0. The first-order valence-electron chi connectivity index (χ1n) is 9.52. The first-order chi connectivity index (χ1) is 13.7. The number of aromatic nitrogens is 2. The lowest BCUT2D eigenvalue weighted by Crippen LogP contribution is -2.51. The van der Waals surface area contributed by atoms with Crippen LogP contribution in [0.4, 0.5) is 5.13 Å². The predicted octanol–water partition coefficient (Wildman–Crippen LogP) is 1.43. The number of thiazole rings is 1. The van der Waals surface area contributed by atoms with Gasteiger partial charge >= 0.3 is 0 Å². The number of pyridine rings is 1. The normalized spacial score (nSPS) is 14.7. The van der Waals surface area contributed by atoms with Gasteiger partial charge in [0.25, 0.3) is 5.91 Å². The molecule has 1 aliphatic rings. The van der Waals surface area contributed by atoms with Crippen LogP contribution < -0.4 is 10.6 Å². The summed E-state index contributed by atoms with van der Waals surface area (Å²) in [6, 6.07) is 3.78. The van der Waals surface area contributed by atoms with Gasteiger partial charge in [-0.3, -0.25) is 19.5 Å². The molecule has 0 aromatic carbocycles. The molecule has 0 aliphatic carbocycles. The van der Waals surface area contributed by atoms with Crippen LogP contribution in [0, 0.1) is 0 Å². The Morgan fingerprint density at radius 1 is 1.25 bits per heavy atom. The summed E-state index contributed by atoms with van der Waals surface area (Å²) in [7, 11) is 0. The van der Waals surface area contributed by atoms with E-state index >= 15 is 0 Å². The third-order valence-corrected chi connectivity index (χ3v) is 5.29. The van der Waals surface area contributed by atoms with Gasteiger partial charge in [-0.25, -0.2) is 4.98 Å². The quantitative estimate of drug-likeness (QED) is 0.694. The fourth-order valence-corrected chi connectivity index (χ4v) is 3.63. The van der Waals surface area contributed by atoms with Crippen LogP contribution in [0.15, 0.2) is 29.9 Å². The topological polar surface area (TPSA) is 90.5 Å². The molecule has 0 radical (unpaired) electrons. The molecule has 0 saturated carbocycles. The zero-order chi connectivity index (χ0) is 19.8. The van der Waals surface area contributed by atoms with Crippen molar-refractivity contribution in [3.8, 4) is 0 Å². The molecule has 8 nitrogen and oxygen atoms in total. The average Bonchev–Trinajstić information content (AvgIpc) is 3.20. The highest BCUT2D eigenvalue weighted by Gasteiger charge is 2.24. The summed E-state index contributed by atoms with van der Waals surface area (Å²) in [6.45, 7) is 6.31. The molecule has 2 N–H and O–H groups in total. The molecule has 0 atom stereocenters. The molecule has 1 fully saturated rings. The minimum absolute atomic E-state index is 0.0187. The number of anilines is 1. The number of nitrogens with zero attached hydrogens (tertiary/aromatic N) is 4. The number of nitrogens with one attached hydrogen (secondary N) is 2. The van der Waals surface area contributed by atoms with Crippen LogP contribution in [0.25, 0.3) is 0 Å². The van der Waals surface area contributed by atoms with E-state index in [1.807, 2.05) is 17.0 Å². The number of carbonyl (C=O) groups is 2. The highest BCUT2D eigenvalue weighted by Crippen LogP contribution is 2.17. The second kappa shape index (κ2) is 10.1. The molecule has 2 amide bonds. The molecular formula is C19H26N6O2S. The van der Waals surface area contributed by atoms with Gasteiger partial charge in [0.1, 0.15) is 5.69 Å². The molecule has 1 saturated heterocycles. The van der Waals surface area contributed by atoms with E-state index in [1.54, 1.807) is 17.8 Å². The smallest absolute Gasteiger partial charge is 0.273 e. The molecule has 2 aromatic rings. The van der Waals surface area contributed by atoms with Crippen LogP contribution >= 0.6 is 11.3 Å². The fourth-order valence-electron chi connectivity index (χ4n) is 2.92. The summed E-state index contributed by atoms with van der Waals surface area (Å²) in [5.41, 5.74) is 1.47. The molecule has 0 spiro atoms. The van der Waals surface area contributed by atoms with Crippen molar-refractivity contribution in [2.75, 3.05) is 44.6 Å². The summed E-state index contributed by atoms with van der Waals surface area (Å²) < 4.78 is 0. The van der Waals surface area contributed by atoms with E-state index in [0.29, 0.717) is 45.0 Å². The van der Waals surface area contributed by atoms with Gasteiger partial charge in [-0.15, -0.1) is 11.3 Å². The third-order valence-electron chi connectivity index (χ3n) is 4.49. The van der Waals surface area contributed by atoms with E-state index in [0.717, 1.165) is 23.7 Å². The zero-order valence-electron chi connectivity index (χ0n) is 16.1. The Labute approximate surface area is 169 Å². The van der Waals surface area contributed by atoms with E-state index in [1.165, 1.54) is 11.3 Å². The van der Waals surface area contributed by atoms with Gasteiger partial charge in [0.05, 0.1) is 6.54 Å². The molecule has 9 heteroatoms. The van der Waals surface area contributed by atoms with Crippen molar-refractivity contribution in [2.45, 2.75) is 19.9 Å². The second-order valence-electron chi connectivity index (χ2n) is 6.67. The van der Waals surface area contributed by atoms with Crippen LogP contribution in [0.3, 0.4) is 0 Å². The average molecular weight is 403 g/mol. The van der Waals surface area contributed by atoms with Gasteiger partial charge in [-0.05, 0) is 18.1 Å². The summed E-state index contributed by atoms with van der Waals surface area (Å²) in [5, 5.41) is 8.70. The molecule has 0 unspecified atom stereocenters. The molecule has 3 rings (SSSR count). The van der Waals surface area contributed by atoms with Crippen LogP contribution in [-0.4, -0.2) is 70.9 Å². The van der Waals surface area contributed by atoms with Gasteiger partial charge in [0.2, 0.25) is 5.91 Å². The molecule has 0 bridgehead atoms. The zero-order valence-corrected chi connectivity index (χ0v) is 16.9. The van der Waals surface area contributed by atoms with E-state index < -0.39 is 0 Å². The van der Waals surface area contributed by atoms with E-state index in [9.17, 15) is 9.59 Å². The number of hydrogen-bond acceptors (Lipinski definition) is 7. The van der Waals surface area contributed by atoms with Crippen LogP contribution in [0.5, 0.6) is 0 Å². The lowest BCUT2D eigenvalue weighted by molar-refractivity contribution is -0.122. The van der Waals surface area contributed by atoms with E-state index in [4.69, 9.17) is 0 Å². The Kier molecular flexibility index (Phi) is 7.32. The molecule has 3 heterocycles. The largest absolute Gasteiger partial charge is 0.362 e. The highest BCUT2D eigenvalue weighted by molar-refractivity contribution is 7.13. The lowest BCUT2D eigenvalue weighted by Gasteiger charge is -2.33. The van der Waals surface area contributed by atoms with Crippen molar-refractivity contribution in [2.24, 2.45) is 0 Å². The summed E-state index contributed by atoms with van der Waals surface area (Å²) in [5.74, 6) is -0.0590. The van der Waals surface area contributed by atoms with Crippen LogP contribution in [0.1, 0.15) is 29.4 Å². The van der Waals surface area contributed by atoms with Gasteiger partial charge in [-0.2, -0.15) is 0 Å². The third kappa shape index (κ3) is 5.74. The molecule has 28 heavy (non-hydrogen) atoms. The van der Waals surface area contributed by atoms with Crippen molar-refractivity contribution in [3.63, 3.8) is 0 Å². The highest BCUT2D eigenvalue weighted by atomic mass is 32.1. The van der Waals surface area contributed by atoms with Crippen molar-refractivity contribution >= 4 is 28.3 Å². The van der Waals surface area contributed by atoms with Gasteiger partial charge < -0.3 is 15.5 Å². The maximum Gasteiger partial charge on any atom is 0.273 e. The van der Waals surface area contributed by atoms with Crippen molar-refractivity contribution in [3.05, 3.63) is 41.2 Å². The van der Waals surface area contributed by atoms with Gasteiger partial charge in [-0.1, -0.05) is 13.0 Å². The first-order valence-corrected chi connectivity index (χ1v) is 10.4. The number of piperazine rings is 1. The number of carbonyl (C=O) groups excluding carboxylic acids is 2. The minimum Gasteiger partial charge on any atom is -0.362 e. The maximum absolute atomic E-state index is 12.6. The standard InChI is InChI=1S/C19H26N6O2S/c1-2-5-21-19-23-16(14-28-19)18(27)25-9-7-24(8-10-25)13-17(26)22-12-15-4-3-6-20-11-15/h3-4,6,11,14H,2,5,7-10,12-13H2,1H3,(H,21,23)(H,22,26). The van der Waals surface area contributed by atoms with Crippen LogP contribution in [-0.2, 0) is 11.3 Å². The molecular weight excluding hydrogens is 376 g/mol. The minimum atomic E-state index is -0.0403. The molecule has 150 valence electrons. The molecule has 2 aromatic heterocycles. The van der Waals surface area contributed by atoms with Crippen molar-refractivity contribution < 1.29 is 9.59 Å². The van der Waals surface area contributed by atoms with Crippen molar-refractivity contribution in [1.29, 1.82) is 0 Å². The second-order valence-corrected chi connectivity index (χ2v) is 7.53. The Balaban J connectivity index is 1.40. The monoisotopic (exact) mass is 402 g/mol. The Bertz CT molecular complexity index is 774. The Hall–Kier alpha value is -2.52. The summed E-state index contributed by atoms with van der Waals surface area (Å²) >= 11 is 1.46. The number of rotatable bonds is 8. The maximum atomic E-state index is 12.6. The van der Waals surface area contributed by atoms with Crippen LogP contribution in [0.2, 0.25) is 0 Å². The number of hydrogen-bond donors (Lipinski definition) is 2. The van der Waals surface area contributed by atoms with Gasteiger partial charge in [0.15, 0.2) is 5.13 Å². The summed E-state index contributed by atoms with van der Waals surface area (Å²) in [6.07, 6.45) is 4.47. The SMILES string of the molecule is CCCNc1nc(C(=O)N2CCN(CC(=O)NCc3cccnc3)CC2)cs1. The molecule has 1 aliphatic heterocycles. The lowest BCUT2D eigenvalue weighted by atomic mass is 10.2. The number of amides is 2. The van der Waals surface area contributed by atoms with Crippen molar-refractivity contribution in [1.82, 2.24) is 25.1 Å². The Morgan fingerprint density at radius 2 is 2.07 bits per heavy atom. The van der Waals surface area contributed by atoms with E-state index in [2.05, 4.69) is 32.4 Å². The van der Waals surface area contributed by atoms with Gasteiger partial charge in [0, 0.05) is 57.0 Å². The fraction of sp³-hybridized carbons (Fsp3) is 0.474. The Morgan fingerprint density at radius 3 is 2.79 bits per heavy atom. The first kappa shape index (κ1) is 20.2. The van der Waals surface area contributed by atoms with E-state index in [-0.39, 0.29) is 11.8 Å².